The van der Waals surface area contributed by atoms with Gasteiger partial charge >= 0.3 is 0 Å². The summed E-state index contributed by atoms with van der Waals surface area (Å²) in [6, 6.07) is 5.05. The van der Waals surface area contributed by atoms with Crippen molar-refractivity contribution in [3.05, 3.63) is 31.9 Å². The molecule has 1 aromatic carbocycles. The molecule has 1 spiro atoms. The Morgan fingerprint density at radius 1 is 1.26 bits per heavy atom. The Labute approximate surface area is 146 Å². The first kappa shape index (κ1) is 16.0. The van der Waals surface area contributed by atoms with Crippen molar-refractivity contribution in [3.63, 3.8) is 0 Å². The number of benzene rings is 1. The van der Waals surface area contributed by atoms with Gasteiger partial charge in [-0.05, 0) is 60.4 Å². The van der Waals surface area contributed by atoms with Crippen molar-refractivity contribution in [2.75, 3.05) is 4.90 Å². The molecule has 122 valence electrons. The quantitative estimate of drug-likeness (QED) is 0.425. The number of nitro benzene ring substituents is 1. The Morgan fingerprint density at radius 3 is 2.61 bits per heavy atom. The standard InChI is InChI=1S/C14H17IN6O2/c15-9-4-5-10(11(8-9)21(22)23)20-13(17)18-12(16)19-14(20)6-2-1-3-7-14/h4-5,8H,1-3,6-7H2,(H4,16,17,18,19). The Kier molecular flexibility index (Phi) is 4.13. The van der Waals surface area contributed by atoms with E-state index < -0.39 is 10.6 Å². The van der Waals surface area contributed by atoms with Crippen molar-refractivity contribution in [2.45, 2.75) is 37.8 Å². The zero-order valence-corrected chi connectivity index (χ0v) is 14.6. The van der Waals surface area contributed by atoms with Gasteiger partial charge in [0, 0.05) is 9.64 Å². The van der Waals surface area contributed by atoms with Crippen molar-refractivity contribution in [1.29, 1.82) is 0 Å². The van der Waals surface area contributed by atoms with Crippen LogP contribution < -0.4 is 16.4 Å². The minimum absolute atomic E-state index is 0.00401. The van der Waals surface area contributed by atoms with E-state index in [0.717, 1.165) is 35.7 Å². The lowest BCUT2D eigenvalue weighted by Gasteiger charge is -2.45. The molecule has 4 N–H and O–H groups in total. The molecule has 1 aromatic rings. The molecular weight excluding hydrogens is 411 g/mol. The van der Waals surface area contributed by atoms with E-state index in [2.05, 4.69) is 9.98 Å². The van der Waals surface area contributed by atoms with Gasteiger partial charge in [-0.3, -0.25) is 15.0 Å². The summed E-state index contributed by atoms with van der Waals surface area (Å²) in [7, 11) is 0. The van der Waals surface area contributed by atoms with Crippen LogP contribution in [0.2, 0.25) is 0 Å². The van der Waals surface area contributed by atoms with Gasteiger partial charge in [-0.15, -0.1) is 0 Å². The first-order valence-corrected chi connectivity index (χ1v) is 8.44. The monoisotopic (exact) mass is 428 g/mol. The average Bonchev–Trinajstić information content (AvgIpc) is 2.48. The maximum Gasteiger partial charge on any atom is 0.294 e. The topological polar surface area (TPSA) is 123 Å². The number of halogens is 1. The van der Waals surface area contributed by atoms with Gasteiger partial charge in [0.2, 0.25) is 11.9 Å². The van der Waals surface area contributed by atoms with E-state index in [1.54, 1.807) is 11.0 Å². The van der Waals surface area contributed by atoms with Crippen LogP contribution in [-0.2, 0) is 0 Å². The molecule has 1 aliphatic carbocycles. The van der Waals surface area contributed by atoms with E-state index in [-0.39, 0.29) is 17.6 Å². The molecule has 1 aliphatic heterocycles. The molecule has 3 rings (SSSR count). The number of rotatable bonds is 2. The normalized spacial score (nSPS) is 20.1. The van der Waals surface area contributed by atoms with Crippen LogP contribution in [0.5, 0.6) is 0 Å². The van der Waals surface area contributed by atoms with Crippen LogP contribution in [0.3, 0.4) is 0 Å². The molecule has 0 aromatic heterocycles. The van der Waals surface area contributed by atoms with Gasteiger partial charge in [0.05, 0.1) is 4.92 Å². The van der Waals surface area contributed by atoms with Crippen molar-refractivity contribution >= 4 is 45.9 Å². The van der Waals surface area contributed by atoms with E-state index in [9.17, 15) is 10.1 Å². The third-order valence-corrected chi connectivity index (χ3v) is 4.90. The van der Waals surface area contributed by atoms with Crippen LogP contribution in [-0.4, -0.2) is 22.5 Å². The summed E-state index contributed by atoms with van der Waals surface area (Å²) in [6.07, 6.45) is 4.54. The smallest absolute Gasteiger partial charge is 0.294 e. The van der Waals surface area contributed by atoms with E-state index >= 15 is 0 Å². The van der Waals surface area contributed by atoms with Crippen LogP contribution in [0.1, 0.15) is 32.1 Å². The number of nitrogens with two attached hydrogens (primary N) is 2. The summed E-state index contributed by atoms with van der Waals surface area (Å²) in [5, 5.41) is 11.5. The fourth-order valence-electron chi connectivity index (χ4n) is 3.30. The molecule has 1 saturated carbocycles. The Bertz CT molecular complexity index is 711. The van der Waals surface area contributed by atoms with Crippen molar-refractivity contribution in [2.24, 2.45) is 21.5 Å². The maximum atomic E-state index is 11.5. The highest BCUT2D eigenvalue weighted by Gasteiger charge is 2.44. The fraction of sp³-hybridized carbons (Fsp3) is 0.429. The van der Waals surface area contributed by atoms with Gasteiger partial charge in [-0.2, -0.15) is 4.99 Å². The number of guanidine groups is 2. The van der Waals surface area contributed by atoms with E-state index in [1.807, 2.05) is 28.7 Å². The molecule has 0 amide bonds. The second-order valence-electron chi connectivity index (χ2n) is 5.71. The molecule has 9 heteroatoms. The Balaban J connectivity index is 2.16. The average molecular weight is 428 g/mol. The summed E-state index contributed by atoms with van der Waals surface area (Å²) in [4.78, 5) is 21.4. The van der Waals surface area contributed by atoms with Crippen molar-refractivity contribution < 1.29 is 4.92 Å². The summed E-state index contributed by atoms with van der Waals surface area (Å²) in [5.74, 6) is 0.289. The predicted octanol–water partition coefficient (Wildman–Crippen LogP) is 2.31. The number of nitro groups is 1. The van der Waals surface area contributed by atoms with Gasteiger partial charge in [0.15, 0.2) is 0 Å². The number of anilines is 1. The molecule has 2 aliphatic rings. The van der Waals surface area contributed by atoms with E-state index in [4.69, 9.17) is 11.5 Å². The van der Waals surface area contributed by atoms with Crippen LogP contribution in [0.25, 0.3) is 0 Å². The Hall–Kier alpha value is -1.91. The number of nitrogens with zero attached hydrogens (tertiary/aromatic N) is 4. The van der Waals surface area contributed by atoms with Crippen LogP contribution in [0.4, 0.5) is 11.4 Å². The van der Waals surface area contributed by atoms with Gasteiger partial charge in [0.25, 0.3) is 5.69 Å². The molecule has 8 nitrogen and oxygen atoms in total. The van der Waals surface area contributed by atoms with Crippen LogP contribution in [0.15, 0.2) is 28.2 Å². The molecule has 0 bridgehead atoms. The lowest BCUT2D eigenvalue weighted by Crippen LogP contribution is -2.58. The highest BCUT2D eigenvalue weighted by Crippen LogP contribution is 2.42. The summed E-state index contributed by atoms with van der Waals surface area (Å²) >= 11 is 2.05. The van der Waals surface area contributed by atoms with Gasteiger partial charge in [-0.1, -0.05) is 6.42 Å². The molecule has 0 saturated heterocycles. The second-order valence-corrected chi connectivity index (χ2v) is 6.95. The highest BCUT2D eigenvalue weighted by atomic mass is 127. The van der Waals surface area contributed by atoms with Crippen molar-refractivity contribution in [3.8, 4) is 0 Å². The van der Waals surface area contributed by atoms with Crippen LogP contribution in [0, 0.1) is 13.7 Å². The molecular formula is C14H17IN6O2. The summed E-state index contributed by atoms with van der Waals surface area (Å²) in [5.41, 5.74) is 11.7. The third-order valence-electron chi connectivity index (χ3n) is 4.23. The van der Waals surface area contributed by atoms with Gasteiger partial charge < -0.3 is 11.5 Å². The molecule has 0 unspecified atom stereocenters. The van der Waals surface area contributed by atoms with E-state index in [0.29, 0.717) is 5.69 Å². The SMILES string of the molecule is NC1=NC2(CCCCC2)N(c2ccc(I)cc2[N+](=O)[O-])C(N)=N1. The maximum absolute atomic E-state index is 11.5. The number of aliphatic imine (C=N–C) groups is 2. The zero-order chi connectivity index (χ0) is 16.6. The van der Waals surface area contributed by atoms with E-state index in [1.165, 1.54) is 6.07 Å². The zero-order valence-electron chi connectivity index (χ0n) is 12.4. The number of hydrogen-bond acceptors (Lipinski definition) is 7. The highest BCUT2D eigenvalue weighted by molar-refractivity contribution is 14.1. The lowest BCUT2D eigenvalue weighted by molar-refractivity contribution is -0.384. The Morgan fingerprint density at radius 2 is 1.96 bits per heavy atom. The first-order valence-electron chi connectivity index (χ1n) is 7.37. The predicted molar refractivity (Wildman–Crippen MR) is 97.4 cm³/mol. The molecule has 0 atom stereocenters. The molecule has 0 radical (unpaired) electrons. The lowest BCUT2D eigenvalue weighted by atomic mass is 9.87. The minimum atomic E-state index is -0.675. The fourth-order valence-corrected chi connectivity index (χ4v) is 3.78. The summed E-state index contributed by atoms with van der Waals surface area (Å²) in [6.45, 7) is 0. The van der Waals surface area contributed by atoms with Gasteiger partial charge in [-0.25, -0.2) is 4.99 Å². The summed E-state index contributed by atoms with van der Waals surface area (Å²) < 4.78 is 0.784. The van der Waals surface area contributed by atoms with Crippen molar-refractivity contribution in [1.82, 2.24) is 0 Å². The largest absolute Gasteiger partial charge is 0.369 e. The first-order chi connectivity index (χ1) is 10.9. The third kappa shape index (κ3) is 2.84. The second kappa shape index (κ2) is 5.95. The van der Waals surface area contributed by atoms with Crippen LogP contribution >= 0.6 is 22.6 Å². The molecule has 1 fully saturated rings. The number of hydrogen-bond donors (Lipinski definition) is 2. The molecule has 23 heavy (non-hydrogen) atoms. The molecule has 1 heterocycles. The minimum Gasteiger partial charge on any atom is -0.369 e. The van der Waals surface area contributed by atoms with Gasteiger partial charge in [0.1, 0.15) is 11.4 Å².